The summed E-state index contributed by atoms with van der Waals surface area (Å²) < 4.78 is 16.3. The predicted molar refractivity (Wildman–Crippen MR) is 106 cm³/mol. The molecule has 1 atom stereocenters. The number of hydrogen-bond donors (Lipinski definition) is 2. The van der Waals surface area contributed by atoms with Crippen LogP contribution in [0.5, 0.6) is 5.75 Å². The van der Waals surface area contributed by atoms with E-state index in [4.69, 9.17) is 0 Å². The fourth-order valence-corrected chi connectivity index (χ4v) is 3.97. The molecule has 2 rings (SSSR count). The number of rotatable bonds is 7. The molecule has 1 unspecified atom stereocenters. The van der Waals surface area contributed by atoms with Crippen molar-refractivity contribution in [2.24, 2.45) is 0 Å². The summed E-state index contributed by atoms with van der Waals surface area (Å²) >= 11 is 0. The number of phenolic OH excluding ortho intramolecular Hbond substituents is 1. The van der Waals surface area contributed by atoms with E-state index in [1.165, 1.54) is 29.4 Å². The van der Waals surface area contributed by atoms with E-state index in [1.807, 2.05) is 6.07 Å². The summed E-state index contributed by atoms with van der Waals surface area (Å²) in [6.07, 6.45) is 1.44. The Bertz CT molecular complexity index is 804. The molecular weight excluding hydrogens is 347 g/mol. The first-order chi connectivity index (χ1) is 12.1. The van der Waals surface area contributed by atoms with Crippen molar-refractivity contribution in [3.8, 4) is 5.75 Å². The number of phenols is 1. The minimum atomic E-state index is -3.48. The van der Waals surface area contributed by atoms with Crippen LogP contribution in [-0.2, 0) is 21.9 Å². The molecule has 5 heteroatoms. The topological polar surface area (TPSA) is 66.8 Å². The summed E-state index contributed by atoms with van der Waals surface area (Å²) in [4.78, 5) is 9.58. The first-order valence-electron chi connectivity index (χ1n) is 8.91. The van der Waals surface area contributed by atoms with Gasteiger partial charge in [0.1, 0.15) is 5.75 Å². The standard InChI is InChI=1S/C21H29O4P/c1-14(2)19-12-17(6-7-21(19)22)13-20-15(3)10-18(11-16(20)4)8-9-26(23,24)25-5/h6-7,10-12,14,22H,8-9,13H2,1-5H3,(H,23,24). The summed E-state index contributed by atoms with van der Waals surface area (Å²) in [5, 5.41) is 10.0. The Morgan fingerprint density at radius 1 is 1.08 bits per heavy atom. The van der Waals surface area contributed by atoms with Crippen LogP contribution in [0.4, 0.5) is 0 Å². The molecule has 0 fully saturated rings. The average Bonchev–Trinajstić information content (AvgIpc) is 2.57. The van der Waals surface area contributed by atoms with Crippen LogP contribution >= 0.6 is 7.60 Å². The Morgan fingerprint density at radius 3 is 2.23 bits per heavy atom. The average molecular weight is 376 g/mol. The highest BCUT2D eigenvalue weighted by Crippen LogP contribution is 2.41. The molecule has 0 radical (unpaired) electrons. The van der Waals surface area contributed by atoms with Gasteiger partial charge in [0, 0.05) is 7.11 Å². The van der Waals surface area contributed by atoms with E-state index in [2.05, 4.69) is 50.4 Å². The lowest BCUT2D eigenvalue weighted by molar-refractivity contribution is 0.316. The van der Waals surface area contributed by atoms with Crippen LogP contribution in [0.15, 0.2) is 30.3 Å². The van der Waals surface area contributed by atoms with Crippen LogP contribution in [0, 0.1) is 13.8 Å². The molecule has 0 aliphatic rings. The van der Waals surface area contributed by atoms with Gasteiger partial charge < -0.3 is 14.5 Å². The van der Waals surface area contributed by atoms with Gasteiger partial charge in [-0.05, 0) is 72.1 Å². The third-order valence-corrected chi connectivity index (χ3v) is 6.18. The van der Waals surface area contributed by atoms with E-state index in [-0.39, 0.29) is 12.1 Å². The number of benzene rings is 2. The van der Waals surface area contributed by atoms with Crippen LogP contribution in [0.3, 0.4) is 0 Å². The molecule has 0 heterocycles. The van der Waals surface area contributed by atoms with Gasteiger partial charge in [-0.3, -0.25) is 4.57 Å². The van der Waals surface area contributed by atoms with Gasteiger partial charge in [0.25, 0.3) is 0 Å². The summed E-state index contributed by atoms with van der Waals surface area (Å²) in [5.74, 6) is 0.619. The molecule has 0 aliphatic carbocycles. The van der Waals surface area contributed by atoms with Crippen molar-refractivity contribution in [1.82, 2.24) is 0 Å². The molecule has 0 amide bonds. The SMILES string of the molecule is COP(=O)(O)CCc1cc(C)c(Cc2ccc(O)c(C(C)C)c2)c(C)c1. The minimum Gasteiger partial charge on any atom is -0.508 e. The lowest BCUT2D eigenvalue weighted by atomic mass is 9.91. The maximum Gasteiger partial charge on any atom is 0.328 e. The van der Waals surface area contributed by atoms with Crippen LogP contribution in [0.25, 0.3) is 0 Å². The van der Waals surface area contributed by atoms with Crippen molar-refractivity contribution in [2.75, 3.05) is 13.3 Å². The van der Waals surface area contributed by atoms with Crippen molar-refractivity contribution in [1.29, 1.82) is 0 Å². The molecule has 0 bridgehead atoms. The molecular formula is C21H29O4P. The molecule has 0 saturated heterocycles. The number of hydrogen-bond acceptors (Lipinski definition) is 3. The zero-order chi connectivity index (χ0) is 19.5. The molecule has 2 aromatic carbocycles. The zero-order valence-corrected chi connectivity index (χ0v) is 17.1. The van der Waals surface area contributed by atoms with E-state index in [0.29, 0.717) is 12.2 Å². The van der Waals surface area contributed by atoms with E-state index in [0.717, 1.165) is 17.5 Å². The Balaban J connectivity index is 2.23. The van der Waals surface area contributed by atoms with Crippen molar-refractivity contribution in [2.45, 2.75) is 46.5 Å². The summed E-state index contributed by atoms with van der Waals surface area (Å²) in [6.45, 7) is 8.29. The molecule has 0 aliphatic heterocycles. The van der Waals surface area contributed by atoms with Gasteiger partial charge in [-0.15, -0.1) is 0 Å². The second kappa shape index (κ2) is 8.39. The normalized spacial score (nSPS) is 13.8. The minimum absolute atomic E-state index is 0.122. The van der Waals surface area contributed by atoms with Gasteiger partial charge >= 0.3 is 7.60 Å². The van der Waals surface area contributed by atoms with Crippen LogP contribution in [-0.4, -0.2) is 23.3 Å². The molecule has 2 N–H and O–H groups in total. The third-order valence-electron chi connectivity index (χ3n) is 4.82. The fraction of sp³-hybridized carbons (Fsp3) is 0.429. The quantitative estimate of drug-likeness (QED) is 0.660. The second-order valence-electron chi connectivity index (χ2n) is 7.23. The first-order valence-corrected chi connectivity index (χ1v) is 10.7. The Hall–Kier alpha value is -1.61. The fourth-order valence-electron chi connectivity index (χ4n) is 3.25. The van der Waals surface area contributed by atoms with E-state index in [1.54, 1.807) is 6.07 Å². The maximum atomic E-state index is 11.7. The van der Waals surface area contributed by atoms with E-state index in [9.17, 15) is 14.6 Å². The largest absolute Gasteiger partial charge is 0.508 e. The molecule has 0 aromatic heterocycles. The molecule has 142 valence electrons. The maximum absolute atomic E-state index is 11.7. The lowest BCUT2D eigenvalue weighted by Gasteiger charge is -2.15. The highest BCUT2D eigenvalue weighted by atomic mass is 31.2. The Labute approximate surface area is 156 Å². The summed E-state index contributed by atoms with van der Waals surface area (Å²) in [6, 6.07) is 9.98. The molecule has 0 saturated carbocycles. The lowest BCUT2D eigenvalue weighted by Crippen LogP contribution is -2.02. The molecule has 0 spiro atoms. The van der Waals surface area contributed by atoms with Gasteiger partial charge in [-0.2, -0.15) is 0 Å². The van der Waals surface area contributed by atoms with E-state index >= 15 is 0 Å². The van der Waals surface area contributed by atoms with Crippen LogP contribution < -0.4 is 0 Å². The summed E-state index contributed by atoms with van der Waals surface area (Å²) in [7, 11) is -2.21. The smallest absolute Gasteiger partial charge is 0.328 e. The Morgan fingerprint density at radius 2 is 1.69 bits per heavy atom. The van der Waals surface area contributed by atoms with Gasteiger partial charge in [0.2, 0.25) is 0 Å². The molecule has 26 heavy (non-hydrogen) atoms. The number of aromatic hydroxyl groups is 1. The zero-order valence-electron chi connectivity index (χ0n) is 16.2. The van der Waals surface area contributed by atoms with Crippen molar-refractivity contribution < 1.29 is 19.1 Å². The van der Waals surface area contributed by atoms with Gasteiger partial charge in [-0.1, -0.05) is 38.1 Å². The Kier molecular flexibility index (Phi) is 6.68. The first kappa shape index (κ1) is 20.7. The highest BCUT2D eigenvalue weighted by Gasteiger charge is 2.17. The molecule has 2 aromatic rings. The van der Waals surface area contributed by atoms with Gasteiger partial charge in [0.15, 0.2) is 0 Å². The van der Waals surface area contributed by atoms with Crippen LogP contribution in [0.1, 0.15) is 53.1 Å². The van der Waals surface area contributed by atoms with Crippen molar-refractivity contribution >= 4 is 7.60 Å². The predicted octanol–water partition coefficient (Wildman–Crippen LogP) is 5.10. The van der Waals surface area contributed by atoms with Crippen molar-refractivity contribution in [3.05, 3.63) is 63.7 Å². The third kappa shape index (κ3) is 5.20. The number of aryl methyl sites for hydroxylation is 3. The monoisotopic (exact) mass is 376 g/mol. The van der Waals surface area contributed by atoms with Gasteiger partial charge in [-0.25, -0.2) is 0 Å². The highest BCUT2D eigenvalue weighted by molar-refractivity contribution is 7.52. The van der Waals surface area contributed by atoms with E-state index < -0.39 is 7.60 Å². The summed E-state index contributed by atoms with van der Waals surface area (Å²) in [5.41, 5.74) is 6.78. The van der Waals surface area contributed by atoms with Gasteiger partial charge in [0.05, 0.1) is 6.16 Å². The van der Waals surface area contributed by atoms with Crippen molar-refractivity contribution in [3.63, 3.8) is 0 Å². The second-order valence-corrected chi connectivity index (χ2v) is 9.31. The molecule has 4 nitrogen and oxygen atoms in total. The van der Waals surface area contributed by atoms with Crippen LogP contribution in [0.2, 0.25) is 0 Å².